The molecule has 19 heavy (non-hydrogen) atoms. The lowest BCUT2D eigenvalue weighted by atomic mass is 10.0. The van der Waals surface area contributed by atoms with Crippen LogP contribution in [0.3, 0.4) is 0 Å². The number of hydrogen-bond donors (Lipinski definition) is 2. The van der Waals surface area contributed by atoms with Crippen LogP contribution >= 0.6 is 0 Å². The fourth-order valence-electron chi connectivity index (χ4n) is 2.10. The third kappa shape index (κ3) is 2.77. The number of aromatic nitrogens is 2. The SMILES string of the molecule is CCn1cc(C(NN)c2ccc(C)c(OC)c2)cn1. The Balaban J connectivity index is 2.36. The van der Waals surface area contributed by atoms with Crippen LogP contribution in [0.4, 0.5) is 0 Å². The average molecular weight is 260 g/mol. The van der Waals surface area contributed by atoms with Crippen molar-refractivity contribution in [3.05, 3.63) is 47.3 Å². The summed E-state index contributed by atoms with van der Waals surface area (Å²) in [5.41, 5.74) is 6.03. The summed E-state index contributed by atoms with van der Waals surface area (Å²) in [5.74, 6) is 6.55. The van der Waals surface area contributed by atoms with Crippen LogP contribution in [0, 0.1) is 6.92 Å². The zero-order valence-corrected chi connectivity index (χ0v) is 11.6. The molecule has 102 valence electrons. The van der Waals surface area contributed by atoms with E-state index < -0.39 is 0 Å². The molecular formula is C14H20N4O. The van der Waals surface area contributed by atoms with E-state index in [4.69, 9.17) is 10.6 Å². The molecule has 5 nitrogen and oxygen atoms in total. The molecule has 1 heterocycles. The number of hydrazine groups is 1. The fraction of sp³-hybridized carbons (Fsp3) is 0.357. The van der Waals surface area contributed by atoms with E-state index in [9.17, 15) is 0 Å². The Morgan fingerprint density at radius 3 is 2.79 bits per heavy atom. The van der Waals surface area contributed by atoms with Gasteiger partial charge in [0.15, 0.2) is 0 Å². The Morgan fingerprint density at radius 1 is 1.42 bits per heavy atom. The smallest absolute Gasteiger partial charge is 0.122 e. The molecule has 1 unspecified atom stereocenters. The van der Waals surface area contributed by atoms with Gasteiger partial charge in [0, 0.05) is 18.3 Å². The molecule has 1 aromatic carbocycles. The lowest BCUT2D eigenvalue weighted by molar-refractivity contribution is 0.410. The highest BCUT2D eigenvalue weighted by Gasteiger charge is 2.15. The van der Waals surface area contributed by atoms with Gasteiger partial charge in [0.25, 0.3) is 0 Å². The van der Waals surface area contributed by atoms with E-state index in [0.717, 1.165) is 29.0 Å². The molecule has 0 aliphatic carbocycles. The Kier molecular flexibility index (Phi) is 4.19. The van der Waals surface area contributed by atoms with E-state index in [2.05, 4.69) is 17.4 Å². The summed E-state index contributed by atoms with van der Waals surface area (Å²) in [6, 6.07) is 5.99. The van der Waals surface area contributed by atoms with Gasteiger partial charge in [-0.3, -0.25) is 10.5 Å². The van der Waals surface area contributed by atoms with Gasteiger partial charge in [0.1, 0.15) is 5.75 Å². The van der Waals surface area contributed by atoms with E-state index in [1.165, 1.54) is 0 Å². The van der Waals surface area contributed by atoms with Crippen LogP contribution in [0.2, 0.25) is 0 Å². The van der Waals surface area contributed by atoms with Gasteiger partial charge in [-0.2, -0.15) is 5.10 Å². The second kappa shape index (κ2) is 5.86. The van der Waals surface area contributed by atoms with Crippen LogP contribution in [0.1, 0.15) is 29.7 Å². The zero-order chi connectivity index (χ0) is 13.8. The van der Waals surface area contributed by atoms with Gasteiger partial charge in [-0.1, -0.05) is 12.1 Å². The van der Waals surface area contributed by atoms with Crippen LogP contribution in [0.5, 0.6) is 5.75 Å². The second-order valence-corrected chi connectivity index (χ2v) is 4.46. The Hall–Kier alpha value is -1.85. The molecule has 0 bridgehead atoms. The van der Waals surface area contributed by atoms with Crippen molar-refractivity contribution in [2.75, 3.05) is 7.11 Å². The second-order valence-electron chi connectivity index (χ2n) is 4.46. The van der Waals surface area contributed by atoms with Gasteiger partial charge >= 0.3 is 0 Å². The van der Waals surface area contributed by atoms with Crippen LogP contribution < -0.4 is 16.0 Å². The lowest BCUT2D eigenvalue weighted by Crippen LogP contribution is -2.28. The number of ether oxygens (including phenoxy) is 1. The van der Waals surface area contributed by atoms with E-state index in [-0.39, 0.29) is 6.04 Å². The van der Waals surface area contributed by atoms with Crippen molar-refractivity contribution in [2.24, 2.45) is 5.84 Å². The normalized spacial score (nSPS) is 12.4. The first-order chi connectivity index (χ1) is 9.19. The summed E-state index contributed by atoms with van der Waals surface area (Å²) in [7, 11) is 1.67. The third-order valence-corrected chi connectivity index (χ3v) is 3.24. The van der Waals surface area contributed by atoms with E-state index in [1.54, 1.807) is 7.11 Å². The summed E-state index contributed by atoms with van der Waals surface area (Å²) >= 11 is 0. The first-order valence-electron chi connectivity index (χ1n) is 6.32. The van der Waals surface area contributed by atoms with Crippen molar-refractivity contribution >= 4 is 0 Å². The average Bonchev–Trinajstić information content (AvgIpc) is 2.90. The standard InChI is InChI=1S/C14H20N4O/c1-4-18-9-12(8-16-18)14(17-15)11-6-5-10(2)13(7-11)19-3/h5-9,14,17H,4,15H2,1-3H3. The van der Waals surface area contributed by atoms with Gasteiger partial charge in [-0.05, 0) is 31.0 Å². The minimum Gasteiger partial charge on any atom is -0.496 e. The predicted octanol–water partition coefficient (Wildman–Crippen LogP) is 1.77. The molecule has 0 amide bonds. The molecule has 0 radical (unpaired) electrons. The molecule has 0 aliphatic rings. The highest BCUT2D eigenvalue weighted by molar-refractivity contribution is 5.40. The van der Waals surface area contributed by atoms with Crippen LogP contribution in [0.15, 0.2) is 30.6 Å². The first kappa shape index (κ1) is 13.6. The minimum atomic E-state index is -0.0881. The molecule has 0 fully saturated rings. The number of rotatable bonds is 5. The van der Waals surface area contributed by atoms with Gasteiger partial charge in [-0.15, -0.1) is 0 Å². The predicted molar refractivity (Wildman–Crippen MR) is 74.8 cm³/mol. The van der Waals surface area contributed by atoms with Gasteiger partial charge in [-0.25, -0.2) is 5.43 Å². The Morgan fingerprint density at radius 2 is 2.21 bits per heavy atom. The number of hydrogen-bond acceptors (Lipinski definition) is 4. The molecule has 1 aromatic heterocycles. The molecule has 0 saturated heterocycles. The van der Waals surface area contributed by atoms with E-state index in [0.29, 0.717) is 0 Å². The zero-order valence-electron chi connectivity index (χ0n) is 11.6. The van der Waals surface area contributed by atoms with Crippen molar-refractivity contribution in [3.8, 4) is 5.75 Å². The first-order valence-corrected chi connectivity index (χ1v) is 6.32. The Labute approximate surface area is 113 Å². The monoisotopic (exact) mass is 260 g/mol. The number of nitrogens with two attached hydrogens (primary N) is 1. The molecule has 3 N–H and O–H groups in total. The molecule has 0 spiro atoms. The topological polar surface area (TPSA) is 65.1 Å². The highest BCUT2D eigenvalue weighted by atomic mass is 16.5. The van der Waals surface area contributed by atoms with Gasteiger partial charge in [0.05, 0.1) is 19.3 Å². The number of benzene rings is 1. The minimum absolute atomic E-state index is 0.0881. The quantitative estimate of drug-likeness (QED) is 0.635. The Bertz CT molecular complexity index is 550. The summed E-state index contributed by atoms with van der Waals surface area (Å²) in [5, 5.41) is 4.28. The summed E-state index contributed by atoms with van der Waals surface area (Å²) in [6.45, 7) is 4.91. The number of nitrogens with one attached hydrogen (secondary N) is 1. The van der Waals surface area contributed by atoms with E-state index >= 15 is 0 Å². The molecule has 1 atom stereocenters. The van der Waals surface area contributed by atoms with E-state index in [1.807, 2.05) is 42.2 Å². The third-order valence-electron chi connectivity index (χ3n) is 3.24. The van der Waals surface area contributed by atoms with Crippen molar-refractivity contribution in [2.45, 2.75) is 26.4 Å². The van der Waals surface area contributed by atoms with Crippen molar-refractivity contribution in [1.29, 1.82) is 0 Å². The van der Waals surface area contributed by atoms with Crippen molar-refractivity contribution in [1.82, 2.24) is 15.2 Å². The molecular weight excluding hydrogens is 240 g/mol. The largest absolute Gasteiger partial charge is 0.496 e. The fourth-order valence-corrected chi connectivity index (χ4v) is 2.10. The summed E-state index contributed by atoms with van der Waals surface area (Å²) in [4.78, 5) is 0. The molecule has 2 aromatic rings. The maximum absolute atomic E-state index is 5.69. The van der Waals surface area contributed by atoms with Crippen LogP contribution in [0.25, 0.3) is 0 Å². The maximum atomic E-state index is 5.69. The highest BCUT2D eigenvalue weighted by Crippen LogP contribution is 2.26. The van der Waals surface area contributed by atoms with Crippen molar-refractivity contribution < 1.29 is 4.74 Å². The summed E-state index contributed by atoms with van der Waals surface area (Å²) in [6.07, 6.45) is 3.83. The number of nitrogens with zero attached hydrogens (tertiary/aromatic N) is 2. The molecule has 5 heteroatoms. The number of aryl methyl sites for hydroxylation is 2. The van der Waals surface area contributed by atoms with Crippen LogP contribution in [-0.2, 0) is 6.54 Å². The van der Waals surface area contributed by atoms with Gasteiger partial charge < -0.3 is 4.74 Å². The summed E-state index contributed by atoms with van der Waals surface area (Å²) < 4.78 is 7.23. The number of methoxy groups -OCH3 is 1. The maximum Gasteiger partial charge on any atom is 0.122 e. The molecule has 0 aliphatic heterocycles. The van der Waals surface area contributed by atoms with Gasteiger partial charge in [0.2, 0.25) is 0 Å². The van der Waals surface area contributed by atoms with Crippen LogP contribution in [-0.4, -0.2) is 16.9 Å². The molecule has 0 saturated carbocycles. The molecule has 2 rings (SSSR count). The lowest BCUT2D eigenvalue weighted by Gasteiger charge is -2.16. The van der Waals surface area contributed by atoms with Crippen molar-refractivity contribution in [3.63, 3.8) is 0 Å².